The third-order valence-electron chi connectivity index (χ3n) is 2.22. The number of carboxylic acids is 1. The second-order valence-electron chi connectivity index (χ2n) is 3.55. The van der Waals surface area contributed by atoms with Crippen molar-refractivity contribution in [3.05, 3.63) is 28.7 Å². The Balaban J connectivity index is 2.51. The minimum atomic E-state index is -0.988. The Morgan fingerprint density at radius 2 is 2.17 bits per heavy atom. The highest BCUT2D eigenvalue weighted by Crippen LogP contribution is 2.22. The molecule has 0 aliphatic heterocycles. The highest BCUT2D eigenvalue weighted by atomic mass is 79.9. The molecule has 0 heterocycles. The SMILES string of the molecule is CCN(CC(=O)O)C(=O)CSc1cccc(Br)c1. The van der Waals surface area contributed by atoms with Crippen molar-refractivity contribution < 1.29 is 14.7 Å². The molecule has 0 aliphatic carbocycles. The largest absolute Gasteiger partial charge is 0.480 e. The number of likely N-dealkylation sites (N-methyl/N-ethyl adjacent to an activating group) is 1. The minimum absolute atomic E-state index is 0.162. The van der Waals surface area contributed by atoms with Crippen LogP contribution in [0.5, 0.6) is 0 Å². The van der Waals surface area contributed by atoms with Gasteiger partial charge in [-0.2, -0.15) is 0 Å². The highest BCUT2D eigenvalue weighted by molar-refractivity contribution is 9.10. The van der Waals surface area contributed by atoms with Crippen LogP contribution in [0, 0.1) is 0 Å². The van der Waals surface area contributed by atoms with Crippen molar-refractivity contribution >= 4 is 39.6 Å². The maximum absolute atomic E-state index is 11.8. The first kappa shape index (κ1) is 15.0. The van der Waals surface area contributed by atoms with Crippen molar-refractivity contribution in [2.24, 2.45) is 0 Å². The lowest BCUT2D eigenvalue weighted by Crippen LogP contribution is -2.36. The fourth-order valence-corrected chi connectivity index (χ4v) is 2.74. The molecule has 0 saturated carbocycles. The first-order valence-electron chi connectivity index (χ1n) is 5.41. The van der Waals surface area contributed by atoms with Gasteiger partial charge in [0.05, 0.1) is 5.75 Å². The number of benzene rings is 1. The van der Waals surface area contributed by atoms with Gasteiger partial charge in [-0.05, 0) is 25.1 Å². The first-order chi connectivity index (χ1) is 8.52. The molecule has 4 nitrogen and oxygen atoms in total. The molecule has 1 aromatic carbocycles. The number of hydrogen-bond acceptors (Lipinski definition) is 3. The number of amides is 1. The van der Waals surface area contributed by atoms with E-state index in [0.717, 1.165) is 9.37 Å². The fraction of sp³-hybridized carbons (Fsp3) is 0.333. The molecule has 0 unspecified atom stereocenters. The van der Waals surface area contributed by atoms with Gasteiger partial charge in [-0.3, -0.25) is 9.59 Å². The zero-order valence-electron chi connectivity index (χ0n) is 9.93. The van der Waals surface area contributed by atoms with Crippen molar-refractivity contribution in [1.82, 2.24) is 4.90 Å². The number of carboxylic acid groups (broad SMARTS) is 1. The van der Waals surface area contributed by atoms with Gasteiger partial charge in [0.1, 0.15) is 6.54 Å². The Labute approximate surface area is 118 Å². The average molecular weight is 332 g/mol. The first-order valence-corrected chi connectivity index (χ1v) is 7.18. The van der Waals surface area contributed by atoms with Gasteiger partial charge in [-0.25, -0.2) is 0 Å². The number of carbonyl (C=O) groups is 2. The second kappa shape index (κ2) is 7.43. The van der Waals surface area contributed by atoms with Crippen LogP contribution in [0.4, 0.5) is 0 Å². The van der Waals surface area contributed by atoms with Crippen LogP contribution in [0.15, 0.2) is 33.6 Å². The molecule has 1 N–H and O–H groups in total. The van der Waals surface area contributed by atoms with E-state index in [9.17, 15) is 9.59 Å². The van der Waals surface area contributed by atoms with Crippen LogP contribution in [0.1, 0.15) is 6.92 Å². The normalized spacial score (nSPS) is 10.1. The van der Waals surface area contributed by atoms with E-state index in [1.165, 1.54) is 16.7 Å². The fourth-order valence-electron chi connectivity index (χ4n) is 1.33. The topological polar surface area (TPSA) is 57.6 Å². The van der Waals surface area contributed by atoms with Gasteiger partial charge in [0.25, 0.3) is 0 Å². The van der Waals surface area contributed by atoms with E-state index in [1.807, 2.05) is 24.3 Å². The molecule has 1 amide bonds. The predicted molar refractivity (Wildman–Crippen MR) is 74.8 cm³/mol. The van der Waals surface area contributed by atoms with Crippen molar-refractivity contribution in [2.75, 3.05) is 18.8 Å². The summed E-state index contributed by atoms with van der Waals surface area (Å²) >= 11 is 4.76. The Bertz CT molecular complexity index is 439. The molecule has 1 aromatic rings. The molecule has 0 aromatic heterocycles. The molecule has 0 radical (unpaired) electrons. The third-order valence-corrected chi connectivity index (χ3v) is 3.69. The number of nitrogens with zero attached hydrogens (tertiary/aromatic N) is 1. The Morgan fingerprint density at radius 3 is 2.72 bits per heavy atom. The lowest BCUT2D eigenvalue weighted by atomic mass is 10.4. The quantitative estimate of drug-likeness (QED) is 0.813. The van der Waals surface area contributed by atoms with E-state index in [4.69, 9.17) is 5.11 Å². The number of aliphatic carboxylic acids is 1. The van der Waals surface area contributed by atoms with Gasteiger partial charge in [-0.1, -0.05) is 22.0 Å². The van der Waals surface area contributed by atoms with Crippen LogP contribution >= 0.6 is 27.7 Å². The summed E-state index contributed by atoms with van der Waals surface area (Å²) in [6.45, 7) is 1.93. The molecule has 0 saturated heterocycles. The number of hydrogen-bond donors (Lipinski definition) is 1. The van der Waals surface area contributed by atoms with Gasteiger partial charge < -0.3 is 10.0 Å². The lowest BCUT2D eigenvalue weighted by molar-refractivity contribution is -0.143. The predicted octanol–water partition coefficient (Wildman–Crippen LogP) is 2.47. The van der Waals surface area contributed by atoms with Crippen LogP contribution in [0.25, 0.3) is 0 Å². The Hall–Kier alpha value is -1.01. The Kier molecular flexibility index (Phi) is 6.21. The number of rotatable bonds is 6. The van der Waals surface area contributed by atoms with E-state index in [-0.39, 0.29) is 18.2 Å². The van der Waals surface area contributed by atoms with Gasteiger partial charge in [0.15, 0.2) is 0 Å². The molecule has 0 fully saturated rings. The molecular formula is C12H14BrNO3S. The maximum Gasteiger partial charge on any atom is 0.323 e. The smallest absolute Gasteiger partial charge is 0.323 e. The molecule has 0 aliphatic rings. The molecule has 0 atom stereocenters. The maximum atomic E-state index is 11.8. The number of halogens is 1. The van der Waals surface area contributed by atoms with Crippen LogP contribution in [-0.4, -0.2) is 40.7 Å². The summed E-state index contributed by atoms with van der Waals surface area (Å²) in [5.41, 5.74) is 0. The van der Waals surface area contributed by atoms with E-state index >= 15 is 0 Å². The summed E-state index contributed by atoms with van der Waals surface area (Å²) in [4.78, 5) is 24.7. The molecule has 6 heteroatoms. The van der Waals surface area contributed by atoms with E-state index < -0.39 is 5.97 Å². The van der Waals surface area contributed by atoms with Gasteiger partial charge >= 0.3 is 5.97 Å². The minimum Gasteiger partial charge on any atom is -0.480 e. The number of carbonyl (C=O) groups excluding carboxylic acids is 1. The Morgan fingerprint density at radius 1 is 1.44 bits per heavy atom. The summed E-state index contributed by atoms with van der Waals surface area (Å²) in [6, 6.07) is 7.64. The third kappa shape index (κ3) is 5.10. The molecule has 98 valence electrons. The van der Waals surface area contributed by atoms with Crippen molar-refractivity contribution in [2.45, 2.75) is 11.8 Å². The van der Waals surface area contributed by atoms with Crippen LogP contribution < -0.4 is 0 Å². The van der Waals surface area contributed by atoms with Crippen LogP contribution in [0.2, 0.25) is 0 Å². The molecular weight excluding hydrogens is 318 g/mol. The van der Waals surface area contributed by atoms with Crippen molar-refractivity contribution in [3.63, 3.8) is 0 Å². The zero-order valence-corrected chi connectivity index (χ0v) is 12.3. The monoisotopic (exact) mass is 331 g/mol. The van der Waals surface area contributed by atoms with Crippen LogP contribution in [-0.2, 0) is 9.59 Å². The standard InChI is InChI=1S/C12H14BrNO3S/c1-2-14(7-12(16)17)11(15)8-18-10-5-3-4-9(13)6-10/h3-6H,2,7-8H2,1H3,(H,16,17). The van der Waals surface area contributed by atoms with Gasteiger partial charge in [-0.15, -0.1) is 11.8 Å². The lowest BCUT2D eigenvalue weighted by Gasteiger charge is -2.18. The molecule has 18 heavy (non-hydrogen) atoms. The summed E-state index contributed by atoms with van der Waals surface area (Å²) in [5.74, 6) is -0.903. The number of thioether (sulfide) groups is 1. The molecule has 0 bridgehead atoms. The summed E-state index contributed by atoms with van der Waals surface area (Å²) in [5, 5.41) is 8.68. The van der Waals surface area contributed by atoms with Gasteiger partial charge in [0.2, 0.25) is 5.91 Å². The van der Waals surface area contributed by atoms with Crippen molar-refractivity contribution in [3.8, 4) is 0 Å². The van der Waals surface area contributed by atoms with Crippen molar-refractivity contribution in [1.29, 1.82) is 0 Å². The summed E-state index contributed by atoms with van der Waals surface area (Å²) < 4.78 is 0.956. The molecule has 0 spiro atoms. The zero-order chi connectivity index (χ0) is 13.5. The van der Waals surface area contributed by atoms with E-state index in [1.54, 1.807) is 6.92 Å². The molecule has 1 rings (SSSR count). The van der Waals surface area contributed by atoms with E-state index in [0.29, 0.717) is 6.54 Å². The average Bonchev–Trinajstić information content (AvgIpc) is 2.33. The van der Waals surface area contributed by atoms with E-state index in [2.05, 4.69) is 15.9 Å². The summed E-state index contributed by atoms with van der Waals surface area (Å²) in [7, 11) is 0. The summed E-state index contributed by atoms with van der Waals surface area (Å²) in [6.07, 6.45) is 0. The van der Waals surface area contributed by atoms with Crippen LogP contribution in [0.3, 0.4) is 0 Å². The van der Waals surface area contributed by atoms with Gasteiger partial charge in [0, 0.05) is 15.9 Å². The highest BCUT2D eigenvalue weighted by Gasteiger charge is 2.14. The second-order valence-corrected chi connectivity index (χ2v) is 5.51.